The molecule has 0 radical (unpaired) electrons. The zero-order valence-electron chi connectivity index (χ0n) is 20.7. The van der Waals surface area contributed by atoms with E-state index in [2.05, 4.69) is 83.0 Å². The van der Waals surface area contributed by atoms with E-state index in [1.165, 1.54) is 41.9 Å². The molecule has 2 heteroatoms. The van der Waals surface area contributed by atoms with Crippen molar-refractivity contribution in [3.8, 4) is 0 Å². The van der Waals surface area contributed by atoms with Gasteiger partial charge in [0.2, 0.25) is 0 Å². The lowest BCUT2D eigenvalue weighted by molar-refractivity contribution is 0.121. The Hall–Kier alpha value is -1.96. The number of ether oxygens (including phenoxy) is 1. The molecule has 7 atom stereocenters. The third kappa shape index (κ3) is 2.71. The van der Waals surface area contributed by atoms with Gasteiger partial charge in [-0.15, -0.1) is 0 Å². The molecule has 0 aromatic carbocycles. The van der Waals surface area contributed by atoms with Gasteiger partial charge in [0.15, 0.2) is 0 Å². The van der Waals surface area contributed by atoms with E-state index in [4.69, 9.17) is 4.74 Å². The fraction of sp³-hybridized carbons (Fsp3) is 0.600. The molecule has 0 amide bonds. The van der Waals surface area contributed by atoms with Crippen LogP contribution in [0, 0.1) is 35.0 Å². The molecule has 2 heterocycles. The fourth-order valence-corrected chi connectivity index (χ4v) is 8.10. The molecule has 170 valence electrons. The first-order valence-corrected chi connectivity index (χ1v) is 12.9. The normalized spacial score (nSPS) is 41.2. The van der Waals surface area contributed by atoms with Crippen LogP contribution in [0.4, 0.5) is 0 Å². The van der Waals surface area contributed by atoms with Crippen LogP contribution in [0.2, 0.25) is 0 Å². The molecule has 0 spiro atoms. The highest BCUT2D eigenvalue weighted by molar-refractivity contribution is 5.51. The first kappa shape index (κ1) is 20.6. The first-order chi connectivity index (χ1) is 15.3. The lowest BCUT2D eigenvalue weighted by atomic mass is 9.73. The highest BCUT2D eigenvalue weighted by atomic mass is 16.5. The van der Waals surface area contributed by atoms with Gasteiger partial charge in [-0.1, -0.05) is 64.5 Å². The van der Waals surface area contributed by atoms with Crippen molar-refractivity contribution in [2.24, 2.45) is 35.0 Å². The summed E-state index contributed by atoms with van der Waals surface area (Å²) in [5.41, 5.74) is 8.08. The van der Waals surface area contributed by atoms with Crippen LogP contribution in [0.5, 0.6) is 0 Å². The van der Waals surface area contributed by atoms with Crippen molar-refractivity contribution in [3.63, 3.8) is 0 Å². The van der Waals surface area contributed by atoms with Crippen LogP contribution < -0.4 is 0 Å². The quantitative estimate of drug-likeness (QED) is 0.481. The minimum absolute atomic E-state index is 0.169. The number of rotatable bonds is 3. The van der Waals surface area contributed by atoms with Crippen LogP contribution in [-0.4, -0.2) is 24.1 Å². The summed E-state index contributed by atoms with van der Waals surface area (Å²) >= 11 is 0. The van der Waals surface area contributed by atoms with Crippen LogP contribution in [0.3, 0.4) is 0 Å². The molecule has 32 heavy (non-hydrogen) atoms. The van der Waals surface area contributed by atoms with E-state index in [9.17, 15) is 0 Å². The van der Waals surface area contributed by atoms with Crippen molar-refractivity contribution < 1.29 is 4.74 Å². The van der Waals surface area contributed by atoms with Gasteiger partial charge in [-0.2, -0.15) is 0 Å². The van der Waals surface area contributed by atoms with Gasteiger partial charge in [-0.3, -0.25) is 0 Å². The Morgan fingerprint density at radius 2 is 1.97 bits per heavy atom. The van der Waals surface area contributed by atoms with Crippen LogP contribution in [0.15, 0.2) is 70.2 Å². The Morgan fingerprint density at radius 3 is 2.72 bits per heavy atom. The largest absolute Gasteiger partial charge is 0.489 e. The van der Waals surface area contributed by atoms with Crippen molar-refractivity contribution in [1.29, 1.82) is 0 Å². The van der Waals surface area contributed by atoms with E-state index in [1.807, 2.05) is 0 Å². The summed E-state index contributed by atoms with van der Waals surface area (Å²) in [6.45, 7) is 12.1. The summed E-state index contributed by atoms with van der Waals surface area (Å²) < 4.78 is 6.85. The number of hydrogen-bond donors (Lipinski definition) is 0. The Kier molecular flexibility index (Phi) is 4.52. The second-order valence-corrected chi connectivity index (χ2v) is 11.8. The van der Waals surface area contributed by atoms with E-state index in [1.54, 1.807) is 11.1 Å². The van der Waals surface area contributed by atoms with Crippen molar-refractivity contribution in [1.82, 2.24) is 4.90 Å². The average molecular weight is 430 g/mol. The lowest BCUT2D eigenvalue weighted by Gasteiger charge is -2.38. The van der Waals surface area contributed by atoms with E-state index in [0.717, 1.165) is 18.3 Å². The van der Waals surface area contributed by atoms with Gasteiger partial charge in [0.1, 0.15) is 11.9 Å². The van der Waals surface area contributed by atoms with Gasteiger partial charge in [0.25, 0.3) is 0 Å². The standard InChI is InChI=1S/C30H39NO/c1-7-22-27(30(22,4)5)26-21-10-8-9-11-23(21)31(6)28(26)25-18(3)13-15-20-19-14-12-17(2)16-24(19)32-29(20)25/h9,11-15,17,20,22,26-29H,7-8,10,16H2,1-6H3/t17?,20?,22-,26?,27?,28?,29?/m0/s1. The minimum atomic E-state index is 0.169. The molecule has 0 saturated heterocycles. The summed E-state index contributed by atoms with van der Waals surface area (Å²) in [6, 6.07) is 0.420. The molecule has 6 aliphatic rings. The van der Waals surface area contributed by atoms with Gasteiger partial charge in [-0.25, -0.2) is 0 Å². The maximum absolute atomic E-state index is 6.85. The molecule has 2 nitrogen and oxygen atoms in total. The van der Waals surface area contributed by atoms with Crippen molar-refractivity contribution in [2.45, 2.75) is 72.4 Å². The summed E-state index contributed by atoms with van der Waals surface area (Å²) in [5, 5.41) is 0. The first-order valence-electron chi connectivity index (χ1n) is 12.9. The highest BCUT2D eigenvalue weighted by Crippen LogP contribution is 2.68. The Bertz CT molecular complexity index is 1030. The van der Waals surface area contributed by atoms with Crippen molar-refractivity contribution in [3.05, 3.63) is 70.2 Å². The molecule has 1 fully saturated rings. The molecule has 0 aromatic heterocycles. The zero-order valence-corrected chi connectivity index (χ0v) is 20.7. The van der Waals surface area contributed by atoms with Crippen LogP contribution in [0.1, 0.15) is 60.3 Å². The molecule has 6 unspecified atom stereocenters. The maximum atomic E-state index is 6.85. The lowest BCUT2D eigenvalue weighted by Crippen LogP contribution is -2.41. The van der Waals surface area contributed by atoms with E-state index >= 15 is 0 Å². The zero-order chi connectivity index (χ0) is 22.4. The van der Waals surface area contributed by atoms with E-state index in [0.29, 0.717) is 29.2 Å². The van der Waals surface area contributed by atoms with Gasteiger partial charge >= 0.3 is 0 Å². The fourth-order valence-electron chi connectivity index (χ4n) is 8.10. The Labute approximate surface area is 194 Å². The molecule has 0 aromatic rings. The van der Waals surface area contributed by atoms with E-state index in [-0.39, 0.29) is 6.10 Å². The third-order valence-corrected chi connectivity index (χ3v) is 9.71. The molecular formula is C30H39NO. The highest BCUT2D eigenvalue weighted by Gasteiger charge is 2.64. The minimum Gasteiger partial charge on any atom is -0.489 e. The number of likely N-dealkylation sites (N-methyl/N-ethyl adjacent to an activating group) is 1. The summed E-state index contributed by atoms with van der Waals surface area (Å²) in [6.07, 6.45) is 19.3. The molecule has 6 rings (SSSR count). The molecule has 0 bridgehead atoms. The van der Waals surface area contributed by atoms with Gasteiger partial charge in [0, 0.05) is 36.6 Å². The van der Waals surface area contributed by atoms with Crippen molar-refractivity contribution in [2.75, 3.05) is 7.05 Å². The van der Waals surface area contributed by atoms with Crippen LogP contribution >= 0.6 is 0 Å². The summed E-state index contributed by atoms with van der Waals surface area (Å²) in [7, 11) is 2.35. The SMILES string of the molecule is CC[C@H]1C(C2C3=C(C=CCC3)N(C)C2C2=C(C)C=CC3C4=C(CC(C)C=C4)OC23)C1(C)C. The smallest absolute Gasteiger partial charge is 0.132 e. The van der Waals surface area contributed by atoms with Crippen LogP contribution in [-0.2, 0) is 4.74 Å². The molecule has 4 aliphatic carbocycles. The van der Waals surface area contributed by atoms with Gasteiger partial charge < -0.3 is 9.64 Å². The van der Waals surface area contributed by atoms with Crippen LogP contribution in [0.25, 0.3) is 0 Å². The Morgan fingerprint density at radius 1 is 1.16 bits per heavy atom. The summed E-state index contributed by atoms with van der Waals surface area (Å²) in [5.74, 6) is 4.42. The Balaban J connectivity index is 1.42. The number of nitrogens with zero attached hydrogens (tertiary/aromatic N) is 1. The second-order valence-electron chi connectivity index (χ2n) is 11.8. The van der Waals surface area contributed by atoms with Gasteiger partial charge in [0.05, 0.1) is 6.04 Å². The molecular weight excluding hydrogens is 390 g/mol. The molecule has 2 aliphatic heterocycles. The van der Waals surface area contributed by atoms with Crippen molar-refractivity contribution >= 4 is 0 Å². The van der Waals surface area contributed by atoms with E-state index < -0.39 is 0 Å². The number of hydrogen-bond acceptors (Lipinski definition) is 2. The molecule has 0 N–H and O–H groups in total. The predicted molar refractivity (Wildman–Crippen MR) is 132 cm³/mol. The molecule has 1 saturated carbocycles. The summed E-state index contributed by atoms with van der Waals surface area (Å²) in [4.78, 5) is 2.63. The number of fused-ring (bicyclic) bond motifs is 2. The average Bonchev–Trinajstić information content (AvgIpc) is 3.03. The maximum Gasteiger partial charge on any atom is 0.132 e. The second kappa shape index (κ2) is 7.02. The van der Waals surface area contributed by atoms with Gasteiger partial charge in [-0.05, 0) is 65.7 Å². The monoisotopic (exact) mass is 429 g/mol. The third-order valence-electron chi connectivity index (χ3n) is 9.71. The topological polar surface area (TPSA) is 12.5 Å². The predicted octanol–water partition coefficient (Wildman–Crippen LogP) is 6.95. The number of allylic oxidation sites excluding steroid dienone is 7.